The van der Waals surface area contributed by atoms with Gasteiger partial charge in [0.2, 0.25) is 0 Å². The minimum absolute atomic E-state index is 0.142. The quantitative estimate of drug-likeness (QED) is 0.831. The summed E-state index contributed by atoms with van der Waals surface area (Å²) in [5.41, 5.74) is 7.43. The molecule has 2 N–H and O–H groups in total. The lowest BCUT2D eigenvalue weighted by molar-refractivity contribution is 0.0516. The van der Waals surface area contributed by atoms with Gasteiger partial charge in [-0.25, -0.2) is 9.48 Å². The van der Waals surface area contributed by atoms with Crippen molar-refractivity contribution in [3.63, 3.8) is 0 Å². The van der Waals surface area contributed by atoms with E-state index >= 15 is 0 Å². The Labute approximate surface area is 114 Å². The molecule has 1 aliphatic carbocycles. The highest BCUT2D eigenvalue weighted by atomic mass is 16.5. The van der Waals surface area contributed by atoms with Gasteiger partial charge in [0.25, 0.3) is 0 Å². The van der Waals surface area contributed by atoms with E-state index in [0.717, 1.165) is 12.0 Å². The van der Waals surface area contributed by atoms with Crippen LogP contribution >= 0.6 is 0 Å². The van der Waals surface area contributed by atoms with Crippen LogP contribution in [0, 0.1) is 5.92 Å². The third-order valence-corrected chi connectivity index (χ3v) is 3.73. The molecule has 0 saturated heterocycles. The highest BCUT2D eigenvalue weighted by Crippen LogP contribution is 2.33. The molecule has 0 spiro atoms. The Kier molecular flexibility index (Phi) is 4.12. The summed E-state index contributed by atoms with van der Waals surface area (Å²) in [4.78, 5) is 12.0. The molecule has 0 amide bonds. The molecule has 0 aliphatic heterocycles. The number of aromatic nitrogens is 2. The van der Waals surface area contributed by atoms with E-state index in [-0.39, 0.29) is 12.0 Å². The lowest BCUT2D eigenvalue weighted by Crippen LogP contribution is -2.17. The third kappa shape index (κ3) is 2.74. The maximum atomic E-state index is 12.0. The number of nitrogens with two attached hydrogens (primary N) is 1. The smallest absolute Gasteiger partial charge is 0.359 e. The molecule has 0 aromatic carbocycles. The molecule has 2 rings (SSSR count). The molecule has 1 saturated carbocycles. The van der Waals surface area contributed by atoms with Crippen LogP contribution in [0.4, 0.5) is 5.82 Å². The van der Waals surface area contributed by atoms with Gasteiger partial charge < -0.3 is 10.5 Å². The predicted octanol–water partition coefficient (Wildman–Crippen LogP) is 2.57. The van der Waals surface area contributed by atoms with Crippen molar-refractivity contribution in [2.75, 3.05) is 12.3 Å². The fourth-order valence-electron chi connectivity index (χ4n) is 2.43. The zero-order valence-electron chi connectivity index (χ0n) is 12.0. The summed E-state index contributed by atoms with van der Waals surface area (Å²) >= 11 is 0. The van der Waals surface area contributed by atoms with Gasteiger partial charge in [0.05, 0.1) is 6.61 Å². The normalized spacial score (nSPS) is 15.6. The van der Waals surface area contributed by atoms with Crippen LogP contribution in [0.3, 0.4) is 0 Å². The molecule has 0 unspecified atom stereocenters. The van der Waals surface area contributed by atoms with Gasteiger partial charge in [0.1, 0.15) is 5.82 Å². The van der Waals surface area contributed by atoms with Crippen LogP contribution in [0.25, 0.3) is 0 Å². The van der Waals surface area contributed by atoms with Gasteiger partial charge in [-0.15, -0.1) is 0 Å². The maximum Gasteiger partial charge on any atom is 0.359 e. The zero-order valence-corrected chi connectivity index (χ0v) is 12.0. The molecule has 1 aromatic heterocycles. The highest BCUT2D eigenvalue weighted by Gasteiger charge is 2.27. The van der Waals surface area contributed by atoms with Crippen LogP contribution in [0.2, 0.25) is 0 Å². The van der Waals surface area contributed by atoms with E-state index in [4.69, 9.17) is 10.5 Å². The van der Waals surface area contributed by atoms with Crippen molar-refractivity contribution in [2.45, 2.75) is 52.5 Å². The zero-order chi connectivity index (χ0) is 14.0. The molecule has 106 valence electrons. The molecule has 1 fully saturated rings. The summed E-state index contributed by atoms with van der Waals surface area (Å²) in [6, 6.07) is 0.142. The first-order valence-electron chi connectivity index (χ1n) is 7.08. The molecule has 19 heavy (non-hydrogen) atoms. The van der Waals surface area contributed by atoms with Crippen molar-refractivity contribution >= 4 is 11.8 Å². The average Bonchev–Trinajstić information content (AvgIpc) is 2.62. The topological polar surface area (TPSA) is 70.1 Å². The van der Waals surface area contributed by atoms with Crippen LogP contribution in [-0.2, 0) is 11.2 Å². The van der Waals surface area contributed by atoms with Gasteiger partial charge in [-0.3, -0.25) is 0 Å². The molecular weight excluding hydrogens is 242 g/mol. The van der Waals surface area contributed by atoms with E-state index in [1.807, 2.05) is 13.8 Å². The van der Waals surface area contributed by atoms with E-state index in [9.17, 15) is 4.79 Å². The van der Waals surface area contributed by atoms with E-state index in [0.29, 0.717) is 24.0 Å². The monoisotopic (exact) mass is 265 g/mol. The number of nitrogens with zero attached hydrogens (tertiary/aromatic N) is 2. The molecule has 1 heterocycles. The van der Waals surface area contributed by atoms with E-state index in [1.165, 1.54) is 19.3 Å². The van der Waals surface area contributed by atoms with E-state index in [1.54, 1.807) is 11.6 Å². The molecule has 5 nitrogen and oxygen atoms in total. The van der Waals surface area contributed by atoms with E-state index < -0.39 is 0 Å². The average molecular weight is 265 g/mol. The molecule has 0 radical (unpaired) electrons. The fraction of sp³-hybridized carbons (Fsp3) is 0.714. The van der Waals surface area contributed by atoms with Gasteiger partial charge in [-0.1, -0.05) is 19.3 Å². The minimum atomic E-state index is -0.358. The first-order valence-corrected chi connectivity index (χ1v) is 7.08. The van der Waals surface area contributed by atoms with Gasteiger partial charge in [0, 0.05) is 11.6 Å². The van der Waals surface area contributed by atoms with Gasteiger partial charge in [-0.05, 0) is 33.1 Å². The lowest BCUT2D eigenvalue weighted by atomic mass is 9.81. The number of carbonyl (C=O) groups is 1. The number of hydrogen-bond donors (Lipinski definition) is 1. The second kappa shape index (κ2) is 5.63. The lowest BCUT2D eigenvalue weighted by Gasteiger charge is -2.25. The standard InChI is InChI=1S/C14H23N3O2/c1-4-19-14(18)12-11(8-10-6-5-7-10)13(15)17(16-12)9(2)3/h9-10H,4-8,15H2,1-3H3. The van der Waals surface area contributed by atoms with Crippen molar-refractivity contribution in [2.24, 2.45) is 5.92 Å². The van der Waals surface area contributed by atoms with Crippen molar-refractivity contribution in [1.82, 2.24) is 9.78 Å². The molecule has 0 atom stereocenters. The number of carbonyl (C=O) groups excluding carboxylic acids is 1. The Balaban J connectivity index is 2.32. The summed E-state index contributed by atoms with van der Waals surface area (Å²) < 4.78 is 6.80. The third-order valence-electron chi connectivity index (χ3n) is 3.73. The maximum absolute atomic E-state index is 12.0. The van der Waals surface area contributed by atoms with Gasteiger partial charge >= 0.3 is 5.97 Å². The number of ether oxygens (including phenoxy) is 1. The summed E-state index contributed by atoms with van der Waals surface area (Å²) in [6.45, 7) is 6.17. The molecular formula is C14H23N3O2. The van der Waals surface area contributed by atoms with Crippen LogP contribution < -0.4 is 5.73 Å². The Morgan fingerprint density at radius 3 is 2.68 bits per heavy atom. The summed E-state index contributed by atoms with van der Waals surface area (Å²) in [5.74, 6) is 0.896. The fourth-order valence-corrected chi connectivity index (χ4v) is 2.43. The minimum Gasteiger partial charge on any atom is -0.461 e. The second-order valence-corrected chi connectivity index (χ2v) is 5.47. The van der Waals surface area contributed by atoms with Crippen molar-refractivity contribution in [3.8, 4) is 0 Å². The number of nitrogen functional groups attached to an aromatic ring is 1. The Bertz CT molecular complexity index is 462. The molecule has 0 bridgehead atoms. The SMILES string of the molecule is CCOC(=O)c1nn(C(C)C)c(N)c1CC1CCC1. The van der Waals surface area contributed by atoms with Crippen LogP contribution in [0.1, 0.15) is 62.1 Å². The largest absolute Gasteiger partial charge is 0.461 e. The van der Waals surface area contributed by atoms with Crippen LogP contribution in [0.5, 0.6) is 0 Å². The highest BCUT2D eigenvalue weighted by molar-refractivity contribution is 5.90. The number of hydrogen-bond acceptors (Lipinski definition) is 4. The molecule has 1 aliphatic rings. The molecule has 1 aromatic rings. The van der Waals surface area contributed by atoms with Crippen molar-refractivity contribution in [1.29, 1.82) is 0 Å². The predicted molar refractivity (Wildman–Crippen MR) is 74.0 cm³/mol. The van der Waals surface area contributed by atoms with Crippen molar-refractivity contribution < 1.29 is 9.53 Å². The van der Waals surface area contributed by atoms with Crippen molar-refractivity contribution in [3.05, 3.63) is 11.3 Å². The Hall–Kier alpha value is -1.52. The van der Waals surface area contributed by atoms with Gasteiger partial charge in [0.15, 0.2) is 5.69 Å². The van der Waals surface area contributed by atoms with Crippen LogP contribution in [0.15, 0.2) is 0 Å². The Morgan fingerprint density at radius 2 is 2.21 bits per heavy atom. The second-order valence-electron chi connectivity index (χ2n) is 5.47. The number of anilines is 1. The van der Waals surface area contributed by atoms with Crippen LogP contribution in [-0.4, -0.2) is 22.4 Å². The number of rotatable bonds is 5. The van der Waals surface area contributed by atoms with E-state index in [2.05, 4.69) is 5.10 Å². The van der Waals surface area contributed by atoms with Gasteiger partial charge in [-0.2, -0.15) is 5.10 Å². The number of esters is 1. The first-order chi connectivity index (χ1) is 9.04. The summed E-state index contributed by atoms with van der Waals surface area (Å²) in [6.07, 6.45) is 4.55. The Morgan fingerprint density at radius 1 is 1.53 bits per heavy atom. The summed E-state index contributed by atoms with van der Waals surface area (Å²) in [7, 11) is 0. The summed E-state index contributed by atoms with van der Waals surface area (Å²) in [5, 5.41) is 4.36. The molecule has 5 heteroatoms. The first kappa shape index (κ1) is 13.9.